The second-order valence-corrected chi connectivity index (χ2v) is 4.91. The van der Waals surface area contributed by atoms with Crippen molar-refractivity contribution >= 4 is 33.3 Å². The van der Waals surface area contributed by atoms with Crippen LogP contribution in [0.3, 0.4) is 0 Å². The van der Waals surface area contributed by atoms with Crippen molar-refractivity contribution in [3.8, 4) is 0 Å². The van der Waals surface area contributed by atoms with Crippen LogP contribution in [0.2, 0.25) is 0 Å². The van der Waals surface area contributed by atoms with E-state index in [1.54, 1.807) is 18.9 Å². The fraction of sp³-hybridized carbons (Fsp3) is 0.455. The second-order valence-electron chi connectivity index (χ2n) is 4.05. The number of halogens is 1. The van der Waals surface area contributed by atoms with Gasteiger partial charge in [-0.2, -0.15) is 0 Å². The van der Waals surface area contributed by atoms with Crippen LogP contribution in [0.4, 0.5) is 11.4 Å². The minimum Gasteiger partial charge on any atom is -0.469 e. The van der Waals surface area contributed by atoms with Gasteiger partial charge in [0.2, 0.25) is 0 Å². The first-order valence-corrected chi connectivity index (χ1v) is 6.24. The molecule has 8 heteroatoms. The van der Waals surface area contributed by atoms with Crippen molar-refractivity contribution in [2.24, 2.45) is 5.92 Å². The summed E-state index contributed by atoms with van der Waals surface area (Å²) in [5.41, 5.74) is 0.268. The van der Waals surface area contributed by atoms with Crippen molar-refractivity contribution < 1.29 is 14.5 Å². The van der Waals surface area contributed by atoms with Crippen LogP contribution >= 0.6 is 15.9 Å². The lowest BCUT2D eigenvalue weighted by Crippen LogP contribution is -2.30. The zero-order chi connectivity index (χ0) is 14.6. The van der Waals surface area contributed by atoms with Crippen LogP contribution in [0.1, 0.15) is 6.92 Å². The maximum atomic E-state index is 11.4. The molecule has 0 amide bonds. The Kier molecular flexibility index (Phi) is 5.22. The molecule has 0 aliphatic heterocycles. The number of methoxy groups -OCH3 is 1. The fourth-order valence-electron chi connectivity index (χ4n) is 1.71. The van der Waals surface area contributed by atoms with E-state index < -0.39 is 10.8 Å². The number of aromatic nitrogens is 1. The lowest BCUT2D eigenvalue weighted by Gasteiger charge is -2.22. The molecule has 1 heterocycles. The molecular weight excluding hydrogens is 318 g/mol. The molecule has 0 spiro atoms. The van der Waals surface area contributed by atoms with E-state index in [2.05, 4.69) is 25.7 Å². The minimum atomic E-state index is -0.508. The zero-order valence-electron chi connectivity index (χ0n) is 10.8. The highest BCUT2D eigenvalue weighted by Crippen LogP contribution is 2.34. The molecule has 0 bridgehead atoms. The van der Waals surface area contributed by atoms with Crippen molar-refractivity contribution in [3.63, 3.8) is 0 Å². The standard InChI is InChI=1S/C11H14BrN3O4/c1-7(11(16)19-3)6-14(2)10-8(12)4-13-5-9(10)15(17)18/h4-5,7H,6H2,1-3H3/t7-/m0/s1. The Morgan fingerprint density at radius 2 is 2.26 bits per heavy atom. The summed E-state index contributed by atoms with van der Waals surface area (Å²) in [6.07, 6.45) is 2.65. The monoisotopic (exact) mass is 331 g/mol. The van der Waals surface area contributed by atoms with Crippen molar-refractivity contribution in [1.82, 2.24) is 4.98 Å². The van der Waals surface area contributed by atoms with Crippen molar-refractivity contribution in [2.75, 3.05) is 25.6 Å². The van der Waals surface area contributed by atoms with Gasteiger partial charge >= 0.3 is 11.7 Å². The van der Waals surface area contributed by atoms with Crippen LogP contribution in [0, 0.1) is 16.0 Å². The lowest BCUT2D eigenvalue weighted by atomic mass is 10.1. The molecule has 104 valence electrons. The predicted molar refractivity (Wildman–Crippen MR) is 73.0 cm³/mol. The molecule has 1 aromatic rings. The molecule has 1 aromatic heterocycles. The van der Waals surface area contributed by atoms with Gasteiger partial charge in [-0.25, -0.2) is 0 Å². The van der Waals surface area contributed by atoms with Crippen LogP contribution < -0.4 is 4.90 Å². The molecule has 7 nitrogen and oxygen atoms in total. The average Bonchev–Trinajstić information content (AvgIpc) is 2.36. The third kappa shape index (κ3) is 3.63. The van der Waals surface area contributed by atoms with Gasteiger partial charge in [-0.1, -0.05) is 6.92 Å². The third-order valence-corrected chi connectivity index (χ3v) is 3.16. The summed E-state index contributed by atoms with van der Waals surface area (Å²) in [5.74, 6) is -0.755. The Hall–Kier alpha value is -1.70. The van der Waals surface area contributed by atoms with E-state index in [-0.39, 0.29) is 11.7 Å². The summed E-state index contributed by atoms with van der Waals surface area (Å²) in [7, 11) is 2.98. The maximum absolute atomic E-state index is 11.4. The number of esters is 1. The molecule has 0 aliphatic carbocycles. The summed E-state index contributed by atoms with van der Waals surface area (Å²) < 4.78 is 5.13. The second kappa shape index (κ2) is 6.46. The van der Waals surface area contributed by atoms with Gasteiger partial charge in [0.05, 0.1) is 22.4 Å². The molecule has 0 fully saturated rings. The Labute approximate surface area is 118 Å². The van der Waals surface area contributed by atoms with Crippen LogP contribution in [0.15, 0.2) is 16.9 Å². The van der Waals surface area contributed by atoms with E-state index in [0.717, 1.165) is 0 Å². The van der Waals surface area contributed by atoms with Crippen LogP contribution in [0.5, 0.6) is 0 Å². The summed E-state index contributed by atoms with van der Waals surface area (Å²) in [5, 5.41) is 11.0. The number of pyridine rings is 1. The van der Waals surface area contributed by atoms with Gasteiger partial charge in [0.15, 0.2) is 0 Å². The van der Waals surface area contributed by atoms with Crippen LogP contribution in [-0.2, 0) is 9.53 Å². The predicted octanol–water partition coefficient (Wildman–Crippen LogP) is 2.00. The van der Waals surface area contributed by atoms with Gasteiger partial charge in [-0.05, 0) is 15.9 Å². The van der Waals surface area contributed by atoms with Gasteiger partial charge in [-0.15, -0.1) is 0 Å². The van der Waals surface area contributed by atoms with E-state index in [9.17, 15) is 14.9 Å². The first-order valence-electron chi connectivity index (χ1n) is 5.45. The highest BCUT2D eigenvalue weighted by Gasteiger charge is 2.24. The summed E-state index contributed by atoms with van der Waals surface area (Å²) >= 11 is 3.24. The smallest absolute Gasteiger partial charge is 0.311 e. The number of anilines is 1. The SMILES string of the molecule is COC(=O)[C@@H](C)CN(C)c1c(Br)cncc1[N+](=O)[O-]. The number of hydrogen-bond acceptors (Lipinski definition) is 6. The first kappa shape index (κ1) is 15.4. The average molecular weight is 332 g/mol. The highest BCUT2D eigenvalue weighted by atomic mass is 79.9. The van der Waals surface area contributed by atoms with E-state index >= 15 is 0 Å². The molecule has 1 rings (SSSR count). The lowest BCUT2D eigenvalue weighted by molar-refractivity contribution is -0.384. The normalized spacial score (nSPS) is 11.8. The molecule has 0 saturated heterocycles. The van der Waals surface area contributed by atoms with Crippen molar-refractivity contribution in [1.29, 1.82) is 0 Å². The Morgan fingerprint density at radius 1 is 1.63 bits per heavy atom. The molecule has 1 atom stereocenters. The molecule has 0 N–H and O–H groups in total. The Balaban J connectivity index is 3.02. The summed E-state index contributed by atoms with van der Waals surface area (Å²) in [6, 6.07) is 0. The third-order valence-electron chi connectivity index (χ3n) is 2.58. The molecular formula is C11H14BrN3O4. The van der Waals surface area contributed by atoms with E-state index in [0.29, 0.717) is 16.7 Å². The largest absolute Gasteiger partial charge is 0.469 e. The van der Waals surface area contributed by atoms with Crippen molar-refractivity contribution in [2.45, 2.75) is 6.92 Å². The molecule has 0 radical (unpaired) electrons. The topological polar surface area (TPSA) is 85.6 Å². The van der Waals surface area contributed by atoms with E-state index in [4.69, 9.17) is 0 Å². The number of carbonyl (C=O) groups is 1. The highest BCUT2D eigenvalue weighted by molar-refractivity contribution is 9.10. The molecule has 0 saturated carbocycles. The van der Waals surface area contributed by atoms with Gasteiger partial charge in [0.25, 0.3) is 0 Å². The molecule has 0 aromatic carbocycles. The Bertz CT molecular complexity index is 495. The van der Waals surface area contributed by atoms with Gasteiger partial charge in [0.1, 0.15) is 11.9 Å². The summed E-state index contributed by atoms with van der Waals surface area (Å²) in [6.45, 7) is 2.00. The number of nitro groups is 1. The van der Waals surface area contributed by atoms with Crippen LogP contribution in [0.25, 0.3) is 0 Å². The number of nitrogens with zero attached hydrogens (tertiary/aromatic N) is 3. The fourth-order valence-corrected chi connectivity index (χ4v) is 2.33. The number of ether oxygens (including phenoxy) is 1. The van der Waals surface area contributed by atoms with Gasteiger partial charge in [0, 0.05) is 19.8 Å². The molecule has 19 heavy (non-hydrogen) atoms. The number of rotatable bonds is 5. The van der Waals surface area contributed by atoms with Crippen molar-refractivity contribution in [3.05, 3.63) is 27.0 Å². The Morgan fingerprint density at radius 3 is 2.79 bits per heavy atom. The van der Waals surface area contributed by atoms with E-state index in [1.807, 2.05) is 0 Å². The molecule has 0 unspecified atom stereocenters. The maximum Gasteiger partial charge on any atom is 0.311 e. The van der Waals surface area contributed by atoms with E-state index in [1.165, 1.54) is 19.5 Å². The first-order chi connectivity index (χ1) is 8.88. The van der Waals surface area contributed by atoms with Gasteiger partial charge in [-0.3, -0.25) is 19.9 Å². The number of carbonyl (C=O) groups excluding carboxylic acids is 1. The van der Waals surface area contributed by atoms with Crippen LogP contribution in [-0.4, -0.2) is 36.6 Å². The number of hydrogen-bond donors (Lipinski definition) is 0. The van der Waals surface area contributed by atoms with Gasteiger partial charge < -0.3 is 9.64 Å². The zero-order valence-corrected chi connectivity index (χ0v) is 12.4. The summed E-state index contributed by atoms with van der Waals surface area (Å²) in [4.78, 5) is 27.3. The quantitative estimate of drug-likeness (QED) is 0.466. The molecule has 0 aliphatic rings. The minimum absolute atomic E-state index is 0.117.